The van der Waals surface area contributed by atoms with Gasteiger partial charge in [-0.05, 0) is 43.4 Å². The zero-order valence-electron chi connectivity index (χ0n) is 19.1. The number of benzene rings is 2. The molecule has 0 N–H and O–H groups in total. The zero-order valence-corrected chi connectivity index (χ0v) is 19.1. The molecule has 168 valence electrons. The summed E-state index contributed by atoms with van der Waals surface area (Å²) in [6.45, 7) is 0.398. The number of carbonyl (C=O) groups excluding carboxylic acids is 1. The van der Waals surface area contributed by atoms with E-state index in [4.69, 9.17) is 4.98 Å². The van der Waals surface area contributed by atoms with Crippen molar-refractivity contribution in [3.05, 3.63) is 66.0 Å². The Morgan fingerprint density at radius 3 is 2.06 bits per heavy atom. The highest BCUT2D eigenvalue weighted by atomic mass is 16.2. The molecule has 3 aromatic rings. The molecule has 2 aromatic carbocycles. The van der Waals surface area contributed by atoms with Gasteiger partial charge in [-0.3, -0.25) is 4.79 Å². The van der Waals surface area contributed by atoms with Crippen LogP contribution in [0.3, 0.4) is 0 Å². The number of aromatic nitrogens is 2. The number of imidazole rings is 1. The lowest BCUT2D eigenvalue weighted by molar-refractivity contribution is -0.138. The summed E-state index contributed by atoms with van der Waals surface area (Å²) in [6.07, 6.45) is 13.1. The number of rotatable bonds is 6. The molecule has 4 nitrogen and oxygen atoms in total. The van der Waals surface area contributed by atoms with Crippen LogP contribution in [0.2, 0.25) is 0 Å². The lowest BCUT2D eigenvalue weighted by atomic mass is 9.88. The van der Waals surface area contributed by atoms with E-state index in [1.54, 1.807) is 0 Å². The summed E-state index contributed by atoms with van der Waals surface area (Å²) in [7, 11) is 0. The van der Waals surface area contributed by atoms with E-state index in [2.05, 4.69) is 51.9 Å². The molecule has 0 atom stereocenters. The van der Waals surface area contributed by atoms with Crippen LogP contribution in [0.15, 0.2) is 54.6 Å². The van der Waals surface area contributed by atoms with Crippen LogP contribution in [0.4, 0.5) is 0 Å². The number of nitrogens with zero attached hydrogens (tertiary/aromatic N) is 3. The van der Waals surface area contributed by atoms with Crippen LogP contribution >= 0.6 is 0 Å². The molecule has 2 fully saturated rings. The zero-order chi connectivity index (χ0) is 21.8. The van der Waals surface area contributed by atoms with Gasteiger partial charge in [0.15, 0.2) is 0 Å². The lowest BCUT2D eigenvalue weighted by Crippen LogP contribution is -2.50. The van der Waals surface area contributed by atoms with Gasteiger partial charge in [-0.2, -0.15) is 0 Å². The predicted molar refractivity (Wildman–Crippen MR) is 130 cm³/mol. The molecule has 2 aliphatic rings. The molecule has 0 radical (unpaired) electrons. The van der Waals surface area contributed by atoms with Gasteiger partial charge in [0.05, 0.1) is 11.0 Å². The molecular formula is C28H35N3O. The highest BCUT2D eigenvalue weighted by molar-refractivity contribution is 5.81. The van der Waals surface area contributed by atoms with Crippen LogP contribution in [-0.4, -0.2) is 32.4 Å². The van der Waals surface area contributed by atoms with Gasteiger partial charge in [0.1, 0.15) is 12.4 Å². The quantitative estimate of drug-likeness (QED) is 0.473. The summed E-state index contributed by atoms with van der Waals surface area (Å²) in [5.41, 5.74) is 3.28. The molecule has 0 spiro atoms. The second-order valence-electron chi connectivity index (χ2n) is 9.65. The Kier molecular flexibility index (Phi) is 6.56. The SMILES string of the molecule is O=C(Cn1c(Cc2ccccc2)nc2ccccc21)N(C1CCCCC1)C1CCCCC1. The average molecular weight is 430 g/mol. The van der Waals surface area contributed by atoms with Crippen molar-refractivity contribution in [2.24, 2.45) is 0 Å². The third-order valence-corrected chi connectivity index (χ3v) is 7.46. The van der Waals surface area contributed by atoms with E-state index in [9.17, 15) is 4.79 Å². The van der Waals surface area contributed by atoms with E-state index >= 15 is 0 Å². The second-order valence-corrected chi connectivity index (χ2v) is 9.65. The summed E-state index contributed by atoms with van der Waals surface area (Å²) < 4.78 is 2.18. The highest BCUT2D eigenvalue weighted by Crippen LogP contribution is 2.31. The molecule has 0 saturated heterocycles. The van der Waals surface area contributed by atoms with Gasteiger partial charge < -0.3 is 9.47 Å². The summed E-state index contributed by atoms with van der Waals surface area (Å²) in [5, 5.41) is 0. The summed E-state index contributed by atoms with van der Waals surface area (Å²) in [4.78, 5) is 21.2. The molecule has 4 heteroatoms. The summed E-state index contributed by atoms with van der Waals surface area (Å²) in [5.74, 6) is 1.28. The molecule has 0 aliphatic heterocycles. The summed E-state index contributed by atoms with van der Waals surface area (Å²) >= 11 is 0. The van der Waals surface area contributed by atoms with E-state index in [1.807, 2.05) is 12.1 Å². The number of hydrogen-bond acceptors (Lipinski definition) is 2. The third-order valence-electron chi connectivity index (χ3n) is 7.46. The Morgan fingerprint density at radius 2 is 1.41 bits per heavy atom. The average Bonchev–Trinajstić information content (AvgIpc) is 3.18. The number of amides is 1. The van der Waals surface area contributed by atoms with Crippen molar-refractivity contribution < 1.29 is 4.79 Å². The van der Waals surface area contributed by atoms with Gasteiger partial charge in [-0.25, -0.2) is 4.98 Å². The van der Waals surface area contributed by atoms with Crippen molar-refractivity contribution in [1.29, 1.82) is 0 Å². The van der Waals surface area contributed by atoms with Gasteiger partial charge in [0.25, 0.3) is 0 Å². The van der Waals surface area contributed by atoms with Crippen LogP contribution in [0, 0.1) is 0 Å². The van der Waals surface area contributed by atoms with E-state index in [0.29, 0.717) is 24.5 Å². The Labute approximate surface area is 191 Å². The van der Waals surface area contributed by atoms with E-state index in [0.717, 1.165) is 23.3 Å². The van der Waals surface area contributed by atoms with Gasteiger partial charge in [-0.15, -0.1) is 0 Å². The van der Waals surface area contributed by atoms with Crippen molar-refractivity contribution in [3.8, 4) is 0 Å². The van der Waals surface area contributed by atoms with Crippen LogP contribution in [0.1, 0.15) is 75.6 Å². The predicted octanol–water partition coefficient (Wildman–Crippen LogP) is 6.12. The molecule has 32 heavy (non-hydrogen) atoms. The molecule has 1 heterocycles. The minimum Gasteiger partial charge on any atom is -0.335 e. The maximum atomic E-state index is 13.9. The minimum absolute atomic E-state index is 0.293. The van der Waals surface area contributed by atoms with Crippen molar-refractivity contribution in [3.63, 3.8) is 0 Å². The third kappa shape index (κ3) is 4.60. The first-order valence-corrected chi connectivity index (χ1v) is 12.6. The number of hydrogen-bond donors (Lipinski definition) is 0. The fourth-order valence-corrected chi connectivity index (χ4v) is 5.86. The Balaban J connectivity index is 1.45. The Bertz CT molecular complexity index is 1010. The maximum Gasteiger partial charge on any atom is 0.243 e. The van der Waals surface area contributed by atoms with E-state index < -0.39 is 0 Å². The van der Waals surface area contributed by atoms with Gasteiger partial charge in [0, 0.05) is 18.5 Å². The van der Waals surface area contributed by atoms with Crippen LogP contribution in [0.25, 0.3) is 11.0 Å². The molecule has 1 aromatic heterocycles. The Morgan fingerprint density at radius 1 is 0.812 bits per heavy atom. The van der Waals surface area contributed by atoms with Crippen molar-refractivity contribution in [1.82, 2.24) is 14.5 Å². The molecule has 0 bridgehead atoms. The highest BCUT2D eigenvalue weighted by Gasteiger charge is 2.33. The van der Waals surface area contributed by atoms with Crippen molar-refractivity contribution >= 4 is 16.9 Å². The van der Waals surface area contributed by atoms with Crippen molar-refractivity contribution in [2.75, 3.05) is 0 Å². The number of para-hydroxylation sites is 2. The number of fused-ring (bicyclic) bond motifs is 1. The van der Waals surface area contributed by atoms with Crippen LogP contribution in [-0.2, 0) is 17.8 Å². The number of carbonyl (C=O) groups is 1. The second kappa shape index (κ2) is 9.89. The Hall–Kier alpha value is -2.62. The van der Waals surface area contributed by atoms with Crippen LogP contribution in [0.5, 0.6) is 0 Å². The molecule has 2 saturated carbocycles. The molecule has 5 rings (SSSR count). The first-order valence-electron chi connectivity index (χ1n) is 12.6. The fourth-order valence-electron chi connectivity index (χ4n) is 5.86. The molecule has 2 aliphatic carbocycles. The normalized spacial score (nSPS) is 18.1. The van der Waals surface area contributed by atoms with Gasteiger partial charge >= 0.3 is 0 Å². The smallest absolute Gasteiger partial charge is 0.243 e. The monoisotopic (exact) mass is 429 g/mol. The standard InChI is InChI=1S/C28H35N3O/c32-28(31(23-14-6-2-7-15-23)24-16-8-3-9-17-24)21-30-26-19-11-10-18-25(26)29-27(30)20-22-12-4-1-5-13-22/h1,4-5,10-13,18-19,23-24H,2-3,6-9,14-17,20-21H2. The first-order chi connectivity index (χ1) is 15.8. The largest absolute Gasteiger partial charge is 0.335 e. The topological polar surface area (TPSA) is 38.1 Å². The van der Waals surface area contributed by atoms with Gasteiger partial charge in [0.2, 0.25) is 5.91 Å². The molecule has 1 amide bonds. The fraction of sp³-hybridized carbons (Fsp3) is 0.500. The van der Waals surface area contributed by atoms with Crippen LogP contribution < -0.4 is 0 Å². The first kappa shape index (κ1) is 21.2. The lowest BCUT2D eigenvalue weighted by Gasteiger charge is -2.42. The van der Waals surface area contributed by atoms with Crippen molar-refractivity contribution in [2.45, 2.75) is 89.3 Å². The molecule has 0 unspecified atom stereocenters. The van der Waals surface area contributed by atoms with E-state index in [-0.39, 0.29) is 0 Å². The van der Waals surface area contributed by atoms with Gasteiger partial charge in [-0.1, -0.05) is 81.0 Å². The van der Waals surface area contributed by atoms with E-state index in [1.165, 1.54) is 69.8 Å². The maximum absolute atomic E-state index is 13.9. The molecular weight excluding hydrogens is 394 g/mol. The minimum atomic E-state index is 0.293. The summed E-state index contributed by atoms with van der Waals surface area (Å²) in [6, 6.07) is 19.6.